The van der Waals surface area contributed by atoms with Crippen LogP contribution in [0.15, 0.2) is 66.1 Å². The number of allylic oxidation sites excluding steroid dienone is 1. The van der Waals surface area contributed by atoms with Gasteiger partial charge in [0.05, 0.1) is 28.6 Å². The molecular formula is C21H17N5O3. The van der Waals surface area contributed by atoms with Crippen molar-refractivity contribution < 1.29 is 9.66 Å². The van der Waals surface area contributed by atoms with Gasteiger partial charge in [-0.25, -0.2) is 4.68 Å². The molecule has 2 aromatic carbocycles. The van der Waals surface area contributed by atoms with Crippen LogP contribution in [-0.2, 0) is 6.54 Å². The fourth-order valence-electron chi connectivity index (χ4n) is 3.65. The van der Waals surface area contributed by atoms with Crippen molar-refractivity contribution in [1.82, 2.24) is 9.78 Å². The Morgan fingerprint density at radius 1 is 1.24 bits per heavy atom. The molecule has 4 rings (SSSR count). The lowest BCUT2D eigenvalue weighted by Gasteiger charge is -2.24. The molecule has 8 nitrogen and oxygen atoms in total. The van der Waals surface area contributed by atoms with Crippen LogP contribution in [-0.4, -0.2) is 14.7 Å². The summed E-state index contributed by atoms with van der Waals surface area (Å²) in [5.41, 5.74) is 8.73. The first kappa shape index (κ1) is 18.3. The minimum absolute atomic E-state index is 0.0719. The van der Waals surface area contributed by atoms with E-state index in [0.29, 0.717) is 29.2 Å². The molecule has 0 saturated carbocycles. The van der Waals surface area contributed by atoms with Crippen molar-refractivity contribution in [1.29, 1.82) is 5.26 Å². The maximum absolute atomic E-state index is 11.6. The predicted octanol–water partition coefficient (Wildman–Crippen LogP) is 3.37. The Hall–Kier alpha value is -4.12. The van der Waals surface area contributed by atoms with E-state index in [4.69, 9.17) is 10.5 Å². The SMILES string of the molecule is Cc1nn(Cc2ccccc2)c2c1[C@H](c1ccccc1[N+](=O)[O-])C(C#N)=C(N)O2. The fraction of sp³-hybridized carbons (Fsp3) is 0.143. The highest BCUT2D eigenvalue weighted by molar-refractivity contribution is 5.60. The first-order valence-electron chi connectivity index (χ1n) is 8.93. The number of hydrogen-bond acceptors (Lipinski definition) is 6. The minimum Gasteiger partial charge on any atom is -0.422 e. The summed E-state index contributed by atoms with van der Waals surface area (Å²) in [6.07, 6.45) is 0. The second-order valence-corrected chi connectivity index (χ2v) is 6.69. The van der Waals surface area contributed by atoms with Crippen LogP contribution in [0.5, 0.6) is 5.88 Å². The van der Waals surface area contributed by atoms with Crippen molar-refractivity contribution in [2.24, 2.45) is 5.73 Å². The van der Waals surface area contributed by atoms with E-state index in [-0.39, 0.29) is 17.1 Å². The van der Waals surface area contributed by atoms with E-state index in [1.807, 2.05) is 30.3 Å². The van der Waals surface area contributed by atoms with Gasteiger partial charge in [0, 0.05) is 11.6 Å². The first-order valence-corrected chi connectivity index (χ1v) is 8.93. The highest BCUT2D eigenvalue weighted by Gasteiger charge is 2.38. The van der Waals surface area contributed by atoms with Gasteiger partial charge in [0.1, 0.15) is 11.6 Å². The number of ether oxygens (including phenoxy) is 1. The summed E-state index contributed by atoms with van der Waals surface area (Å²) in [4.78, 5) is 11.1. The lowest BCUT2D eigenvalue weighted by atomic mass is 9.83. The van der Waals surface area contributed by atoms with Crippen LogP contribution in [0, 0.1) is 28.4 Å². The third-order valence-corrected chi connectivity index (χ3v) is 4.91. The monoisotopic (exact) mass is 387 g/mol. The Kier molecular flexibility index (Phi) is 4.49. The Morgan fingerprint density at radius 3 is 2.62 bits per heavy atom. The largest absolute Gasteiger partial charge is 0.422 e. The zero-order valence-corrected chi connectivity index (χ0v) is 15.6. The van der Waals surface area contributed by atoms with E-state index >= 15 is 0 Å². The number of aromatic nitrogens is 2. The van der Waals surface area contributed by atoms with E-state index in [9.17, 15) is 15.4 Å². The second kappa shape index (κ2) is 7.13. The van der Waals surface area contributed by atoms with Crippen molar-refractivity contribution in [3.05, 3.63) is 98.6 Å². The summed E-state index contributed by atoms with van der Waals surface area (Å²) in [7, 11) is 0. The third kappa shape index (κ3) is 3.08. The summed E-state index contributed by atoms with van der Waals surface area (Å²) in [6.45, 7) is 2.23. The van der Waals surface area contributed by atoms with Crippen LogP contribution in [0.1, 0.15) is 28.3 Å². The Labute approximate surface area is 166 Å². The molecule has 0 aliphatic carbocycles. The number of benzene rings is 2. The standard InChI is InChI=1S/C21H17N5O3/c1-13-18-19(15-9-5-6-10-17(15)26(27)28)16(11-22)20(23)29-21(18)25(24-13)12-14-7-3-2-4-8-14/h2-10,19H,12,23H2,1H3/t19-/m1/s1. The molecule has 2 N–H and O–H groups in total. The molecule has 144 valence electrons. The van der Waals surface area contributed by atoms with Crippen LogP contribution < -0.4 is 10.5 Å². The quantitative estimate of drug-likeness (QED) is 0.541. The van der Waals surface area contributed by atoms with Crippen molar-refractivity contribution in [3.63, 3.8) is 0 Å². The number of nitriles is 1. The maximum atomic E-state index is 11.6. The maximum Gasteiger partial charge on any atom is 0.273 e. The lowest BCUT2D eigenvalue weighted by Crippen LogP contribution is -2.23. The molecule has 0 radical (unpaired) electrons. The van der Waals surface area contributed by atoms with Crippen LogP contribution in [0.2, 0.25) is 0 Å². The predicted molar refractivity (Wildman–Crippen MR) is 105 cm³/mol. The van der Waals surface area contributed by atoms with E-state index < -0.39 is 10.8 Å². The van der Waals surface area contributed by atoms with Crippen molar-refractivity contribution >= 4 is 5.69 Å². The van der Waals surface area contributed by atoms with Crippen LogP contribution in [0.25, 0.3) is 0 Å². The summed E-state index contributed by atoms with van der Waals surface area (Å²) in [6, 6.07) is 18.1. The van der Waals surface area contributed by atoms with E-state index in [0.717, 1.165) is 5.56 Å². The normalized spacial score (nSPS) is 15.4. The van der Waals surface area contributed by atoms with Crippen LogP contribution in [0.3, 0.4) is 0 Å². The average molecular weight is 387 g/mol. The molecule has 0 saturated heterocycles. The summed E-state index contributed by atoms with van der Waals surface area (Å²) < 4.78 is 7.45. The molecule has 0 fully saturated rings. The number of nitrogens with zero attached hydrogens (tertiary/aromatic N) is 4. The van der Waals surface area contributed by atoms with Gasteiger partial charge >= 0.3 is 0 Å². The molecule has 29 heavy (non-hydrogen) atoms. The van der Waals surface area contributed by atoms with Gasteiger partial charge in [0.2, 0.25) is 11.8 Å². The molecule has 0 amide bonds. The number of aryl methyl sites for hydroxylation is 1. The van der Waals surface area contributed by atoms with Crippen molar-refractivity contribution in [3.8, 4) is 11.9 Å². The second-order valence-electron chi connectivity index (χ2n) is 6.69. The molecule has 0 unspecified atom stereocenters. The van der Waals surface area contributed by atoms with Gasteiger partial charge < -0.3 is 10.5 Å². The zero-order chi connectivity index (χ0) is 20.5. The molecule has 3 aromatic rings. The average Bonchev–Trinajstić information content (AvgIpc) is 3.02. The first-order chi connectivity index (χ1) is 14.0. The molecule has 0 bridgehead atoms. The van der Waals surface area contributed by atoms with Gasteiger partial charge in [0.15, 0.2) is 0 Å². The molecule has 1 aliphatic rings. The topological polar surface area (TPSA) is 120 Å². The lowest BCUT2D eigenvalue weighted by molar-refractivity contribution is -0.385. The fourth-order valence-corrected chi connectivity index (χ4v) is 3.65. The molecule has 8 heteroatoms. The number of hydrogen-bond donors (Lipinski definition) is 1. The smallest absolute Gasteiger partial charge is 0.273 e. The highest BCUT2D eigenvalue weighted by Crippen LogP contribution is 2.46. The summed E-state index contributed by atoms with van der Waals surface area (Å²) >= 11 is 0. The van der Waals surface area contributed by atoms with Gasteiger partial charge in [-0.2, -0.15) is 10.4 Å². The van der Waals surface area contributed by atoms with E-state index in [1.165, 1.54) is 6.07 Å². The molecule has 2 heterocycles. The van der Waals surface area contributed by atoms with E-state index in [2.05, 4.69) is 11.2 Å². The van der Waals surface area contributed by atoms with Gasteiger partial charge in [-0.15, -0.1) is 0 Å². The van der Waals surface area contributed by atoms with E-state index in [1.54, 1.807) is 29.8 Å². The highest BCUT2D eigenvalue weighted by atomic mass is 16.6. The number of fused-ring (bicyclic) bond motifs is 1. The summed E-state index contributed by atoms with van der Waals surface area (Å²) in [5.74, 6) is -0.404. The minimum atomic E-state index is -0.727. The van der Waals surface area contributed by atoms with Gasteiger partial charge in [-0.3, -0.25) is 10.1 Å². The number of nitro groups is 1. The number of rotatable bonds is 4. The number of nitro benzene ring substituents is 1. The Morgan fingerprint density at radius 2 is 1.93 bits per heavy atom. The van der Waals surface area contributed by atoms with Crippen LogP contribution >= 0.6 is 0 Å². The Balaban J connectivity index is 1.91. The van der Waals surface area contributed by atoms with Crippen LogP contribution in [0.4, 0.5) is 5.69 Å². The molecule has 0 spiro atoms. The number of para-hydroxylation sites is 1. The van der Waals surface area contributed by atoms with Gasteiger partial charge in [-0.1, -0.05) is 48.5 Å². The molecule has 1 atom stereocenters. The molecular weight excluding hydrogens is 370 g/mol. The van der Waals surface area contributed by atoms with Gasteiger partial charge in [-0.05, 0) is 12.5 Å². The molecule has 1 aromatic heterocycles. The number of nitrogens with two attached hydrogens (primary N) is 1. The summed E-state index contributed by atoms with van der Waals surface area (Å²) in [5, 5.41) is 25.9. The van der Waals surface area contributed by atoms with Gasteiger partial charge in [0.25, 0.3) is 5.69 Å². The zero-order valence-electron chi connectivity index (χ0n) is 15.6. The Bertz CT molecular complexity index is 1170. The van der Waals surface area contributed by atoms with Crippen molar-refractivity contribution in [2.75, 3.05) is 0 Å². The van der Waals surface area contributed by atoms with Crippen molar-refractivity contribution in [2.45, 2.75) is 19.4 Å². The third-order valence-electron chi connectivity index (χ3n) is 4.91. The molecule has 1 aliphatic heterocycles.